The minimum Gasteiger partial charge on any atom is -0.357 e. The molecule has 0 aromatic heterocycles. The van der Waals surface area contributed by atoms with Crippen LogP contribution in [0.3, 0.4) is 0 Å². The molecule has 3 fully saturated rings. The van der Waals surface area contributed by atoms with Crippen LogP contribution in [-0.4, -0.2) is 98.6 Å². The zero-order valence-electron chi connectivity index (χ0n) is 19.8. The Balaban J connectivity index is 0.00000341. The lowest BCUT2D eigenvalue weighted by Crippen LogP contribution is -2.45. The van der Waals surface area contributed by atoms with Gasteiger partial charge in [0, 0.05) is 64.3 Å². The van der Waals surface area contributed by atoms with E-state index in [1.165, 1.54) is 58.4 Å². The van der Waals surface area contributed by atoms with Gasteiger partial charge < -0.3 is 25.3 Å². The molecule has 1 saturated carbocycles. The standard InChI is InChI=1S/C23H44N6O.HI/c1-3-24-23(25-12-7-8-13-28-17-15-27(2)16-18-28)26-21-11-14-29(19-21)22(30)20-9-5-4-6-10-20;/h20-21H,3-19H2,1-2H3,(H2,24,25,26);1H. The molecule has 0 spiro atoms. The van der Waals surface area contributed by atoms with Crippen molar-refractivity contribution in [2.24, 2.45) is 10.9 Å². The van der Waals surface area contributed by atoms with Gasteiger partial charge in [-0.3, -0.25) is 9.79 Å². The zero-order valence-corrected chi connectivity index (χ0v) is 22.1. The molecule has 2 aliphatic heterocycles. The Labute approximate surface area is 206 Å². The molecule has 7 nitrogen and oxygen atoms in total. The summed E-state index contributed by atoms with van der Waals surface area (Å²) < 4.78 is 0. The Morgan fingerprint density at radius 1 is 1.00 bits per heavy atom. The van der Waals surface area contributed by atoms with Crippen LogP contribution in [0, 0.1) is 5.92 Å². The van der Waals surface area contributed by atoms with Gasteiger partial charge in [0.25, 0.3) is 0 Å². The van der Waals surface area contributed by atoms with Crippen molar-refractivity contribution in [2.75, 3.05) is 66.0 Å². The molecule has 3 rings (SSSR count). The van der Waals surface area contributed by atoms with E-state index in [-0.39, 0.29) is 29.9 Å². The number of aliphatic imine (C=N–C) groups is 1. The van der Waals surface area contributed by atoms with E-state index >= 15 is 0 Å². The summed E-state index contributed by atoms with van der Waals surface area (Å²) in [5.41, 5.74) is 0. The number of halogens is 1. The maximum absolute atomic E-state index is 12.8. The van der Waals surface area contributed by atoms with Crippen LogP contribution in [0.25, 0.3) is 0 Å². The van der Waals surface area contributed by atoms with E-state index in [9.17, 15) is 4.79 Å². The Morgan fingerprint density at radius 3 is 2.45 bits per heavy atom. The number of carbonyl (C=O) groups excluding carboxylic acids is 1. The summed E-state index contributed by atoms with van der Waals surface area (Å²) in [4.78, 5) is 24.7. The third kappa shape index (κ3) is 9.04. The van der Waals surface area contributed by atoms with Crippen LogP contribution in [-0.2, 0) is 4.79 Å². The largest absolute Gasteiger partial charge is 0.357 e. The first kappa shape index (κ1) is 26.6. The molecule has 1 amide bonds. The molecular weight excluding hydrogens is 503 g/mol. The van der Waals surface area contributed by atoms with Crippen molar-refractivity contribution in [2.45, 2.75) is 64.3 Å². The van der Waals surface area contributed by atoms with E-state index in [4.69, 9.17) is 4.99 Å². The fraction of sp³-hybridized carbons (Fsp3) is 0.913. The average molecular weight is 549 g/mol. The number of likely N-dealkylation sites (tertiary alicyclic amines) is 1. The van der Waals surface area contributed by atoms with E-state index in [1.54, 1.807) is 0 Å². The van der Waals surface area contributed by atoms with Gasteiger partial charge in [-0.05, 0) is 52.6 Å². The summed E-state index contributed by atoms with van der Waals surface area (Å²) in [6.45, 7) is 11.5. The lowest BCUT2D eigenvalue weighted by molar-refractivity contribution is -0.135. The highest BCUT2D eigenvalue weighted by Gasteiger charge is 2.31. The first-order valence-corrected chi connectivity index (χ1v) is 12.4. The van der Waals surface area contributed by atoms with Gasteiger partial charge in [0.05, 0.1) is 0 Å². The maximum Gasteiger partial charge on any atom is 0.225 e. The normalized spacial score (nSPS) is 24.1. The molecule has 8 heteroatoms. The van der Waals surface area contributed by atoms with Gasteiger partial charge in [0.1, 0.15) is 0 Å². The Kier molecular flexibility index (Phi) is 12.5. The van der Waals surface area contributed by atoms with Crippen molar-refractivity contribution in [3.63, 3.8) is 0 Å². The van der Waals surface area contributed by atoms with Crippen molar-refractivity contribution in [1.29, 1.82) is 0 Å². The highest BCUT2D eigenvalue weighted by molar-refractivity contribution is 14.0. The predicted molar refractivity (Wildman–Crippen MR) is 139 cm³/mol. The topological polar surface area (TPSA) is 63.2 Å². The Bertz CT molecular complexity index is 546. The summed E-state index contributed by atoms with van der Waals surface area (Å²) in [7, 11) is 2.21. The van der Waals surface area contributed by atoms with Crippen molar-refractivity contribution in [1.82, 2.24) is 25.3 Å². The number of guanidine groups is 1. The van der Waals surface area contributed by atoms with Crippen LogP contribution < -0.4 is 10.6 Å². The predicted octanol–water partition coefficient (Wildman–Crippen LogP) is 2.37. The fourth-order valence-corrected chi connectivity index (χ4v) is 4.91. The number of likely N-dealkylation sites (N-methyl/N-ethyl adjacent to an activating group) is 1. The molecule has 1 unspecified atom stereocenters. The van der Waals surface area contributed by atoms with Crippen LogP contribution in [0.4, 0.5) is 0 Å². The smallest absolute Gasteiger partial charge is 0.225 e. The van der Waals surface area contributed by atoms with E-state index in [0.29, 0.717) is 11.9 Å². The van der Waals surface area contributed by atoms with Gasteiger partial charge in [-0.2, -0.15) is 0 Å². The molecule has 2 heterocycles. The van der Waals surface area contributed by atoms with E-state index in [2.05, 4.69) is 39.3 Å². The molecule has 3 aliphatic rings. The van der Waals surface area contributed by atoms with Gasteiger partial charge in [-0.1, -0.05) is 19.3 Å². The highest BCUT2D eigenvalue weighted by Crippen LogP contribution is 2.26. The van der Waals surface area contributed by atoms with Crippen LogP contribution in [0.5, 0.6) is 0 Å². The third-order valence-electron chi connectivity index (χ3n) is 6.89. The SMILES string of the molecule is CCNC(=NCCCCN1CCN(C)CC1)NC1CCN(C(=O)C2CCCCC2)C1.I. The number of hydrogen-bond acceptors (Lipinski definition) is 4. The molecule has 31 heavy (non-hydrogen) atoms. The Morgan fingerprint density at radius 2 is 1.74 bits per heavy atom. The summed E-state index contributed by atoms with van der Waals surface area (Å²) in [6.07, 6.45) is 9.27. The van der Waals surface area contributed by atoms with Gasteiger partial charge in [-0.15, -0.1) is 24.0 Å². The summed E-state index contributed by atoms with van der Waals surface area (Å²) in [5.74, 6) is 1.58. The second-order valence-electron chi connectivity index (χ2n) is 9.36. The minimum absolute atomic E-state index is 0. The Hall–Kier alpha value is -0.610. The van der Waals surface area contributed by atoms with Crippen LogP contribution in [0.15, 0.2) is 4.99 Å². The van der Waals surface area contributed by atoms with Gasteiger partial charge in [0.15, 0.2) is 5.96 Å². The van der Waals surface area contributed by atoms with E-state index in [1.807, 2.05) is 0 Å². The van der Waals surface area contributed by atoms with Crippen LogP contribution in [0.2, 0.25) is 0 Å². The molecule has 1 aliphatic carbocycles. The molecule has 180 valence electrons. The number of carbonyl (C=O) groups is 1. The number of nitrogens with one attached hydrogen (secondary N) is 2. The first-order chi connectivity index (χ1) is 14.7. The summed E-state index contributed by atoms with van der Waals surface area (Å²) in [5, 5.41) is 6.96. The van der Waals surface area contributed by atoms with Gasteiger partial charge >= 0.3 is 0 Å². The van der Waals surface area contributed by atoms with Gasteiger partial charge in [0.2, 0.25) is 5.91 Å². The van der Waals surface area contributed by atoms with Crippen LogP contribution in [0.1, 0.15) is 58.3 Å². The van der Waals surface area contributed by atoms with Crippen LogP contribution >= 0.6 is 24.0 Å². The highest BCUT2D eigenvalue weighted by atomic mass is 127. The quantitative estimate of drug-likeness (QED) is 0.211. The minimum atomic E-state index is 0. The van der Waals surface area contributed by atoms with Crippen molar-refractivity contribution in [3.05, 3.63) is 0 Å². The fourth-order valence-electron chi connectivity index (χ4n) is 4.91. The van der Waals surface area contributed by atoms with Crippen molar-refractivity contribution in [3.8, 4) is 0 Å². The van der Waals surface area contributed by atoms with Crippen molar-refractivity contribution >= 4 is 35.8 Å². The average Bonchev–Trinajstić information content (AvgIpc) is 3.23. The number of amides is 1. The maximum atomic E-state index is 12.8. The second kappa shape index (κ2) is 14.5. The number of piperazine rings is 1. The summed E-state index contributed by atoms with van der Waals surface area (Å²) in [6, 6.07) is 0.320. The number of hydrogen-bond donors (Lipinski definition) is 2. The molecule has 0 aromatic rings. The third-order valence-corrected chi connectivity index (χ3v) is 6.89. The first-order valence-electron chi connectivity index (χ1n) is 12.4. The monoisotopic (exact) mass is 548 g/mol. The van der Waals surface area contributed by atoms with E-state index < -0.39 is 0 Å². The molecule has 0 bridgehead atoms. The lowest BCUT2D eigenvalue weighted by Gasteiger charge is -2.32. The zero-order chi connectivity index (χ0) is 21.2. The molecule has 1 atom stereocenters. The molecular formula is C23H45IN6O. The number of nitrogens with zero attached hydrogens (tertiary/aromatic N) is 4. The van der Waals surface area contributed by atoms with E-state index in [0.717, 1.165) is 57.8 Å². The number of unbranched alkanes of at least 4 members (excludes halogenated alkanes) is 1. The van der Waals surface area contributed by atoms with Gasteiger partial charge in [-0.25, -0.2) is 0 Å². The summed E-state index contributed by atoms with van der Waals surface area (Å²) >= 11 is 0. The lowest BCUT2D eigenvalue weighted by atomic mass is 9.88. The molecule has 2 saturated heterocycles. The molecule has 2 N–H and O–H groups in total. The second-order valence-corrected chi connectivity index (χ2v) is 9.36. The molecule has 0 radical (unpaired) electrons. The van der Waals surface area contributed by atoms with Crippen molar-refractivity contribution < 1.29 is 4.79 Å². The molecule has 0 aromatic carbocycles. The number of rotatable bonds is 8.